The van der Waals surface area contributed by atoms with Gasteiger partial charge in [-0.25, -0.2) is 0 Å². The molecule has 0 aliphatic heterocycles. The molecule has 0 atom stereocenters. The molecule has 0 radical (unpaired) electrons. The topological polar surface area (TPSA) is 29.1 Å². The maximum absolute atomic E-state index is 11.8. The van der Waals surface area contributed by atoms with E-state index in [1.165, 1.54) is 11.1 Å². The summed E-state index contributed by atoms with van der Waals surface area (Å²) in [5.41, 5.74) is 3.27. The van der Waals surface area contributed by atoms with Crippen LogP contribution in [0, 0.1) is 6.92 Å². The zero-order valence-electron chi connectivity index (χ0n) is 11.2. The molecule has 2 rings (SSSR count). The van der Waals surface area contributed by atoms with Crippen LogP contribution in [0.1, 0.15) is 11.1 Å². The fourth-order valence-electron chi connectivity index (χ4n) is 1.79. The molecule has 0 aromatic heterocycles. The summed E-state index contributed by atoms with van der Waals surface area (Å²) >= 11 is 7.48. The molecule has 0 aliphatic carbocycles. The fraction of sp³-hybridized carbons (Fsp3) is 0.188. The number of benzene rings is 2. The lowest BCUT2D eigenvalue weighted by molar-refractivity contribution is -0.113. The predicted octanol–water partition coefficient (Wildman–Crippen LogP) is 4.52. The largest absolute Gasteiger partial charge is 0.325 e. The highest BCUT2D eigenvalue weighted by atomic mass is 35.5. The summed E-state index contributed by atoms with van der Waals surface area (Å²) in [5.74, 6) is 1.27. The zero-order chi connectivity index (χ0) is 14.4. The van der Waals surface area contributed by atoms with E-state index in [1.807, 2.05) is 24.3 Å². The smallest absolute Gasteiger partial charge is 0.234 e. The summed E-state index contributed by atoms with van der Waals surface area (Å²) in [6.07, 6.45) is 0. The third-order valence-corrected chi connectivity index (χ3v) is 4.08. The summed E-state index contributed by atoms with van der Waals surface area (Å²) in [7, 11) is 0. The van der Waals surface area contributed by atoms with Crippen LogP contribution in [0.3, 0.4) is 0 Å². The van der Waals surface area contributed by atoms with Crippen LogP contribution in [0.4, 0.5) is 5.69 Å². The average Bonchev–Trinajstić information content (AvgIpc) is 2.41. The number of anilines is 1. The maximum Gasteiger partial charge on any atom is 0.234 e. The Morgan fingerprint density at radius 3 is 2.75 bits per heavy atom. The second kappa shape index (κ2) is 7.36. The Morgan fingerprint density at radius 2 is 2.00 bits per heavy atom. The third-order valence-electron chi connectivity index (χ3n) is 2.86. The molecule has 2 aromatic carbocycles. The van der Waals surface area contributed by atoms with E-state index in [0.717, 1.165) is 11.4 Å². The molecular weight excluding hydrogens is 290 g/mol. The van der Waals surface area contributed by atoms with Gasteiger partial charge < -0.3 is 5.32 Å². The van der Waals surface area contributed by atoms with Crippen molar-refractivity contribution in [1.82, 2.24) is 0 Å². The number of hydrogen-bond acceptors (Lipinski definition) is 2. The quantitative estimate of drug-likeness (QED) is 0.880. The highest BCUT2D eigenvalue weighted by Crippen LogP contribution is 2.17. The molecule has 2 nitrogen and oxygen atoms in total. The molecule has 4 heteroatoms. The number of halogens is 1. The number of nitrogens with one attached hydrogen (secondary N) is 1. The molecule has 2 aromatic rings. The molecule has 104 valence electrons. The highest BCUT2D eigenvalue weighted by molar-refractivity contribution is 7.99. The number of aryl methyl sites for hydroxylation is 1. The lowest BCUT2D eigenvalue weighted by Gasteiger charge is -2.07. The average molecular weight is 306 g/mol. The number of amides is 1. The first-order valence-corrected chi connectivity index (χ1v) is 7.86. The van der Waals surface area contributed by atoms with Crippen molar-refractivity contribution in [1.29, 1.82) is 0 Å². The van der Waals surface area contributed by atoms with E-state index >= 15 is 0 Å². The van der Waals surface area contributed by atoms with Crippen molar-refractivity contribution in [2.45, 2.75) is 12.7 Å². The monoisotopic (exact) mass is 305 g/mol. The first-order chi connectivity index (χ1) is 9.65. The molecule has 20 heavy (non-hydrogen) atoms. The Balaban J connectivity index is 1.80. The maximum atomic E-state index is 11.8. The lowest BCUT2D eigenvalue weighted by Crippen LogP contribution is -2.14. The molecule has 0 spiro atoms. The normalized spacial score (nSPS) is 10.3. The predicted molar refractivity (Wildman–Crippen MR) is 87.4 cm³/mol. The highest BCUT2D eigenvalue weighted by Gasteiger charge is 2.04. The molecule has 1 amide bonds. The number of thioether (sulfide) groups is 1. The van der Waals surface area contributed by atoms with E-state index in [9.17, 15) is 4.79 Å². The van der Waals surface area contributed by atoms with Crippen molar-refractivity contribution in [3.8, 4) is 0 Å². The molecule has 0 bridgehead atoms. The van der Waals surface area contributed by atoms with Crippen LogP contribution in [-0.4, -0.2) is 11.7 Å². The summed E-state index contributed by atoms with van der Waals surface area (Å²) in [6, 6.07) is 15.4. The van der Waals surface area contributed by atoms with E-state index < -0.39 is 0 Å². The van der Waals surface area contributed by atoms with Gasteiger partial charge >= 0.3 is 0 Å². The van der Waals surface area contributed by atoms with Crippen molar-refractivity contribution in [2.24, 2.45) is 0 Å². The second-order valence-corrected chi connectivity index (χ2v) is 5.90. The Hall–Kier alpha value is -1.45. The number of carbonyl (C=O) groups excluding carboxylic acids is 1. The van der Waals surface area contributed by atoms with Crippen LogP contribution < -0.4 is 5.32 Å². The van der Waals surface area contributed by atoms with E-state index in [4.69, 9.17) is 11.6 Å². The molecule has 0 saturated heterocycles. The second-order valence-electron chi connectivity index (χ2n) is 4.48. The van der Waals surface area contributed by atoms with Crippen molar-refractivity contribution in [3.05, 3.63) is 64.7 Å². The van der Waals surface area contributed by atoms with E-state index in [0.29, 0.717) is 10.8 Å². The van der Waals surface area contributed by atoms with Gasteiger partial charge in [-0.1, -0.05) is 41.9 Å². The van der Waals surface area contributed by atoms with Gasteiger partial charge in [0, 0.05) is 16.5 Å². The summed E-state index contributed by atoms with van der Waals surface area (Å²) in [6.45, 7) is 2.09. The standard InChI is InChI=1S/C16H16ClNOS/c1-12-5-2-3-6-13(12)10-20-11-16(19)18-15-8-4-7-14(17)9-15/h2-9H,10-11H2,1H3,(H,18,19). The SMILES string of the molecule is Cc1ccccc1CSCC(=O)Nc1cccc(Cl)c1. The zero-order valence-corrected chi connectivity index (χ0v) is 12.8. The van der Waals surface area contributed by atoms with Crippen LogP contribution >= 0.6 is 23.4 Å². The van der Waals surface area contributed by atoms with Crippen molar-refractivity contribution in [2.75, 3.05) is 11.1 Å². The Morgan fingerprint density at radius 1 is 1.20 bits per heavy atom. The van der Waals surface area contributed by atoms with Crippen LogP contribution in [-0.2, 0) is 10.5 Å². The molecule has 0 heterocycles. The van der Waals surface area contributed by atoms with Gasteiger partial charge in [0.2, 0.25) is 5.91 Å². The Kier molecular flexibility index (Phi) is 5.50. The molecule has 0 saturated carbocycles. The van der Waals surface area contributed by atoms with Gasteiger partial charge in [-0.15, -0.1) is 11.8 Å². The number of hydrogen-bond donors (Lipinski definition) is 1. The third kappa shape index (κ3) is 4.58. The van der Waals surface area contributed by atoms with Crippen LogP contribution in [0.5, 0.6) is 0 Å². The van der Waals surface area contributed by atoms with Gasteiger partial charge in [-0.05, 0) is 36.2 Å². The van der Waals surface area contributed by atoms with Gasteiger partial charge in [0.05, 0.1) is 5.75 Å². The van der Waals surface area contributed by atoms with E-state index in [2.05, 4.69) is 24.4 Å². The van der Waals surface area contributed by atoms with Gasteiger partial charge in [0.25, 0.3) is 0 Å². The minimum atomic E-state index is -0.00847. The molecular formula is C16H16ClNOS. The van der Waals surface area contributed by atoms with Crippen LogP contribution in [0.15, 0.2) is 48.5 Å². The Bertz CT molecular complexity index is 601. The first kappa shape index (κ1) is 14.9. The molecule has 0 aliphatic rings. The fourth-order valence-corrected chi connectivity index (χ4v) is 2.88. The summed E-state index contributed by atoms with van der Waals surface area (Å²) in [4.78, 5) is 11.8. The van der Waals surface area contributed by atoms with Crippen molar-refractivity contribution >= 4 is 35.0 Å². The van der Waals surface area contributed by atoms with Crippen LogP contribution in [0.2, 0.25) is 5.02 Å². The van der Waals surface area contributed by atoms with Crippen molar-refractivity contribution < 1.29 is 4.79 Å². The van der Waals surface area contributed by atoms with Gasteiger partial charge in [-0.3, -0.25) is 4.79 Å². The van der Waals surface area contributed by atoms with E-state index in [1.54, 1.807) is 23.9 Å². The van der Waals surface area contributed by atoms with Gasteiger partial charge in [0.1, 0.15) is 0 Å². The molecule has 0 unspecified atom stereocenters. The minimum Gasteiger partial charge on any atom is -0.325 e. The van der Waals surface area contributed by atoms with Crippen molar-refractivity contribution in [3.63, 3.8) is 0 Å². The molecule has 0 fully saturated rings. The van der Waals surface area contributed by atoms with Crippen LogP contribution in [0.25, 0.3) is 0 Å². The summed E-state index contributed by atoms with van der Waals surface area (Å²) < 4.78 is 0. The molecule has 1 N–H and O–H groups in total. The number of rotatable bonds is 5. The van der Waals surface area contributed by atoms with Gasteiger partial charge in [0.15, 0.2) is 0 Å². The lowest BCUT2D eigenvalue weighted by atomic mass is 10.1. The number of carbonyl (C=O) groups is 1. The minimum absolute atomic E-state index is 0.00847. The summed E-state index contributed by atoms with van der Waals surface area (Å²) in [5, 5.41) is 3.46. The Labute approximate surface area is 128 Å². The van der Waals surface area contributed by atoms with Gasteiger partial charge in [-0.2, -0.15) is 0 Å². The van der Waals surface area contributed by atoms with E-state index in [-0.39, 0.29) is 5.91 Å². The first-order valence-electron chi connectivity index (χ1n) is 6.33.